The van der Waals surface area contributed by atoms with Gasteiger partial charge in [-0.15, -0.1) is 0 Å². The molecule has 1 aliphatic heterocycles. The van der Waals surface area contributed by atoms with Crippen molar-refractivity contribution in [3.05, 3.63) is 29.8 Å². The first kappa shape index (κ1) is 13.4. The third-order valence-electron chi connectivity index (χ3n) is 3.34. The lowest BCUT2D eigenvalue weighted by Gasteiger charge is -2.30. The van der Waals surface area contributed by atoms with Crippen molar-refractivity contribution in [2.75, 3.05) is 19.7 Å². The lowest BCUT2D eigenvalue weighted by molar-refractivity contribution is 0.201. The van der Waals surface area contributed by atoms with Gasteiger partial charge in [-0.05, 0) is 43.5 Å². The lowest BCUT2D eigenvalue weighted by atomic mass is 10.1. The van der Waals surface area contributed by atoms with Crippen LogP contribution in [0.3, 0.4) is 0 Å². The zero-order valence-electron chi connectivity index (χ0n) is 11.3. The third kappa shape index (κ3) is 4.00. The predicted molar refractivity (Wildman–Crippen MR) is 74.7 cm³/mol. The minimum atomic E-state index is 0.353. The molecule has 2 rings (SSSR count). The van der Waals surface area contributed by atoms with E-state index in [2.05, 4.69) is 36.1 Å². The Morgan fingerprint density at radius 1 is 1.33 bits per heavy atom. The molecular formula is C15H24N2O. The number of nitrogens with zero attached hydrogens (tertiary/aromatic N) is 1. The van der Waals surface area contributed by atoms with E-state index in [1.54, 1.807) is 0 Å². The molecule has 1 heterocycles. The first-order chi connectivity index (χ1) is 8.78. The normalized spacial score (nSPS) is 20.9. The summed E-state index contributed by atoms with van der Waals surface area (Å²) in [6.45, 7) is 6.10. The summed E-state index contributed by atoms with van der Waals surface area (Å²) in [6, 6.07) is 8.80. The molecule has 18 heavy (non-hydrogen) atoms. The van der Waals surface area contributed by atoms with E-state index in [1.807, 2.05) is 0 Å². The van der Waals surface area contributed by atoms with Crippen molar-refractivity contribution >= 4 is 0 Å². The quantitative estimate of drug-likeness (QED) is 0.869. The fraction of sp³-hybridized carbons (Fsp3) is 0.600. The minimum absolute atomic E-state index is 0.353. The zero-order chi connectivity index (χ0) is 12.8. The van der Waals surface area contributed by atoms with Crippen molar-refractivity contribution in [2.24, 2.45) is 5.73 Å². The van der Waals surface area contributed by atoms with Gasteiger partial charge < -0.3 is 10.5 Å². The Balaban J connectivity index is 1.85. The van der Waals surface area contributed by atoms with Crippen molar-refractivity contribution in [2.45, 2.75) is 38.8 Å². The second-order valence-electron chi connectivity index (χ2n) is 5.13. The highest BCUT2D eigenvalue weighted by Gasteiger charge is 2.16. The maximum Gasteiger partial charge on any atom is 0.119 e. The van der Waals surface area contributed by atoms with Gasteiger partial charge in [-0.2, -0.15) is 0 Å². The summed E-state index contributed by atoms with van der Waals surface area (Å²) in [5.41, 5.74) is 7.34. The van der Waals surface area contributed by atoms with E-state index in [-0.39, 0.29) is 0 Å². The van der Waals surface area contributed by atoms with Crippen LogP contribution in [0.4, 0.5) is 0 Å². The second kappa shape index (κ2) is 6.76. The lowest BCUT2D eigenvalue weighted by Crippen LogP contribution is -2.42. The molecule has 1 atom stereocenters. The molecule has 0 aromatic heterocycles. The van der Waals surface area contributed by atoms with Crippen molar-refractivity contribution in [1.82, 2.24) is 4.90 Å². The summed E-state index contributed by atoms with van der Waals surface area (Å²) in [7, 11) is 0. The number of benzene rings is 1. The molecule has 1 aromatic rings. The van der Waals surface area contributed by atoms with Gasteiger partial charge in [0, 0.05) is 19.1 Å². The molecule has 0 aliphatic carbocycles. The van der Waals surface area contributed by atoms with E-state index >= 15 is 0 Å². The summed E-state index contributed by atoms with van der Waals surface area (Å²) in [5.74, 6) is 0.968. The van der Waals surface area contributed by atoms with E-state index in [9.17, 15) is 0 Å². The Morgan fingerprint density at radius 2 is 2.11 bits per heavy atom. The van der Waals surface area contributed by atoms with Crippen LogP contribution in [0.5, 0.6) is 5.75 Å². The maximum absolute atomic E-state index is 6.00. The molecule has 3 heteroatoms. The number of likely N-dealkylation sites (tertiary alicyclic amines) is 1. The molecule has 0 spiro atoms. The van der Waals surface area contributed by atoms with Gasteiger partial charge in [-0.1, -0.05) is 19.1 Å². The molecule has 3 nitrogen and oxygen atoms in total. The zero-order valence-corrected chi connectivity index (χ0v) is 11.3. The predicted octanol–water partition coefficient (Wildman–Crippen LogP) is 2.40. The fourth-order valence-corrected chi connectivity index (χ4v) is 2.40. The topological polar surface area (TPSA) is 38.5 Å². The highest BCUT2D eigenvalue weighted by atomic mass is 16.5. The Kier molecular flexibility index (Phi) is 5.02. The first-order valence-corrected chi connectivity index (χ1v) is 6.97. The Morgan fingerprint density at radius 3 is 2.78 bits per heavy atom. The van der Waals surface area contributed by atoms with Crippen LogP contribution in [0.2, 0.25) is 0 Å². The van der Waals surface area contributed by atoms with Crippen molar-refractivity contribution in [3.8, 4) is 5.75 Å². The number of rotatable bonds is 5. The number of nitrogens with two attached hydrogens (primary N) is 1. The van der Waals surface area contributed by atoms with Crippen molar-refractivity contribution in [3.63, 3.8) is 0 Å². The van der Waals surface area contributed by atoms with Gasteiger partial charge in [0.1, 0.15) is 5.75 Å². The van der Waals surface area contributed by atoms with Gasteiger partial charge in [0.05, 0.1) is 6.61 Å². The number of ether oxygens (including phenoxy) is 1. The molecule has 1 unspecified atom stereocenters. The SMILES string of the molecule is CCCOc1ccc(CN2CCCC(N)C2)cc1. The minimum Gasteiger partial charge on any atom is -0.494 e. The summed E-state index contributed by atoms with van der Waals surface area (Å²) >= 11 is 0. The van der Waals surface area contributed by atoms with Crippen LogP contribution < -0.4 is 10.5 Å². The first-order valence-electron chi connectivity index (χ1n) is 6.97. The molecule has 1 saturated heterocycles. The molecule has 1 fully saturated rings. The van der Waals surface area contributed by atoms with Crippen LogP contribution in [0, 0.1) is 0 Å². The van der Waals surface area contributed by atoms with Crippen LogP contribution in [-0.2, 0) is 6.54 Å². The molecule has 0 bridgehead atoms. The standard InChI is InChI=1S/C15H24N2O/c1-2-10-18-15-7-5-13(6-8-15)11-17-9-3-4-14(16)12-17/h5-8,14H,2-4,9-12,16H2,1H3. The van der Waals surface area contributed by atoms with Crippen LogP contribution in [0.1, 0.15) is 31.7 Å². The summed E-state index contributed by atoms with van der Waals surface area (Å²) in [6.07, 6.45) is 3.44. The fourth-order valence-electron chi connectivity index (χ4n) is 2.40. The average Bonchev–Trinajstić information content (AvgIpc) is 2.38. The Labute approximate surface area is 110 Å². The Bertz CT molecular complexity index is 350. The van der Waals surface area contributed by atoms with E-state index < -0.39 is 0 Å². The molecular weight excluding hydrogens is 224 g/mol. The Hall–Kier alpha value is -1.06. The smallest absolute Gasteiger partial charge is 0.119 e. The van der Waals surface area contributed by atoms with Crippen LogP contribution in [-0.4, -0.2) is 30.6 Å². The van der Waals surface area contributed by atoms with Crippen LogP contribution >= 0.6 is 0 Å². The van der Waals surface area contributed by atoms with Crippen LogP contribution in [0.25, 0.3) is 0 Å². The number of hydrogen-bond acceptors (Lipinski definition) is 3. The van der Waals surface area contributed by atoms with Crippen molar-refractivity contribution < 1.29 is 4.74 Å². The number of hydrogen-bond donors (Lipinski definition) is 1. The monoisotopic (exact) mass is 248 g/mol. The molecule has 1 aromatic carbocycles. The van der Waals surface area contributed by atoms with Crippen LogP contribution in [0.15, 0.2) is 24.3 Å². The largest absolute Gasteiger partial charge is 0.494 e. The third-order valence-corrected chi connectivity index (χ3v) is 3.34. The molecule has 2 N–H and O–H groups in total. The van der Waals surface area contributed by atoms with E-state index in [4.69, 9.17) is 10.5 Å². The van der Waals surface area contributed by atoms with Gasteiger partial charge >= 0.3 is 0 Å². The van der Waals surface area contributed by atoms with E-state index in [0.29, 0.717) is 6.04 Å². The highest BCUT2D eigenvalue weighted by molar-refractivity contribution is 5.27. The summed E-state index contributed by atoms with van der Waals surface area (Å²) in [4.78, 5) is 2.44. The van der Waals surface area contributed by atoms with Crippen molar-refractivity contribution in [1.29, 1.82) is 0 Å². The molecule has 0 amide bonds. The van der Waals surface area contributed by atoms with Gasteiger partial charge in [-0.3, -0.25) is 4.90 Å². The van der Waals surface area contributed by atoms with Gasteiger partial charge in [0.2, 0.25) is 0 Å². The second-order valence-corrected chi connectivity index (χ2v) is 5.13. The summed E-state index contributed by atoms with van der Waals surface area (Å²) < 4.78 is 5.58. The van der Waals surface area contributed by atoms with Gasteiger partial charge in [0.25, 0.3) is 0 Å². The molecule has 0 radical (unpaired) electrons. The average molecular weight is 248 g/mol. The maximum atomic E-state index is 6.00. The summed E-state index contributed by atoms with van der Waals surface area (Å²) in [5, 5.41) is 0. The van der Waals surface area contributed by atoms with Gasteiger partial charge in [0.15, 0.2) is 0 Å². The van der Waals surface area contributed by atoms with E-state index in [1.165, 1.54) is 24.9 Å². The van der Waals surface area contributed by atoms with E-state index in [0.717, 1.165) is 31.9 Å². The van der Waals surface area contributed by atoms with Gasteiger partial charge in [-0.25, -0.2) is 0 Å². The number of piperidine rings is 1. The molecule has 100 valence electrons. The molecule has 0 saturated carbocycles. The molecule has 1 aliphatic rings. The highest BCUT2D eigenvalue weighted by Crippen LogP contribution is 2.16.